The fourth-order valence-electron chi connectivity index (χ4n) is 2.76. The van der Waals surface area contributed by atoms with Gasteiger partial charge >= 0.3 is 0 Å². The van der Waals surface area contributed by atoms with Crippen LogP contribution in [-0.2, 0) is 0 Å². The van der Waals surface area contributed by atoms with Crippen LogP contribution in [0.25, 0.3) is 20.9 Å². The Morgan fingerprint density at radius 3 is 1.44 bits per heavy atom. The van der Waals surface area contributed by atoms with Crippen molar-refractivity contribution in [1.82, 2.24) is 0 Å². The maximum Gasteiger partial charge on any atom is 0.180 e. The zero-order valence-electron chi connectivity index (χ0n) is 13.2. The molecule has 0 unspecified atom stereocenters. The molecule has 0 aliphatic carbocycles. The van der Waals surface area contributed by atoms with E-state index in [1.165, 1.54) is 0 Å². The molecular weight excluding hydrogens is 336 g/mol. The number of benzene rings is 2. The quantitative estimate of drug-likeness (QED) is 0.651. The topological polar surface area (TPSA) is 52.6 Å². The number of carbonyl (C=O) groups excluding carboxylic acids is 2. The van der Waals surface area contributed by atoms with Crippen molar-refractivity contribution in [2.24, 2.45) is 0 Å². The first-order valence-electron chi connectivity index (χ1n) is 7.84. The van der Waals surface area contributed by atoms with Gasteiger partial charge in [0, 0.05) is 11.1 Å². The molecule has 0 amide bonds. The van der Waals surface area contributed by atoms with Gasteiger partial charge in [0.2, 0.25) is 0 Å². The van der Waals surface area contributed by atoms with Crippen LogP contribution in [0.5, 0.6) is 11.5 Å². The minimum Gasteiger partial charge on any atom is -0.485 e. The number of thiophene rings is 1. The molecule has 4 rings (SSSR count). The fourth-order valence-corrected chi connectivity index (χ4v) is 3.96. The molecule has 0 saturated carbocycles. The van der Waals surface area contributed by atoms with Crippen molar-refractivity contribution in [3.63, 3.8) is 0 Å². The lowest BCUT2D eigenvalue weighted by Gasteiger charge is -2.17. The Bertz CT molecular complexity index is 848. The second kappa shape index (κ2) is 6.53. The first-order valence-corrected chi connectivity index (χ1v) is 8.65. The van der Waals surface area contributed by atoms with E-state index in [1.807, 2.05) is 24.3 Å². The monoisotopic (exact) mass is 350 g/mol. The third-order valence-corrected chi connectivity index (χ3v) is 5.27. The Morgan fingerprint density at radius 1 is 0.680 bits per heavy atom. The summed E-state index contributed by atoms with van der Waals surface area (Å²) in [6, 6.07) is 14.8. The van der Waals surface area contributed by atoms with Crippen LogP contribution in [-0.4, -0.2) is 25.8 Å². The van der Waals surface area contributed by atoms with Gasteiger partial charge in [0.1, 0.15) is 25.8 Å². The van der Waals surface area contributed by atoms with Gasteiger partial charge in [-0.2, -0.15) is 0 Å². The van der Waals surface area contributed by atoms with Crippen molar-refractivity contribution in [3.8, 4) is 32.4 Å². The van der Waals surface area contributed by atoms with Gasteiger partial charge in [0.25, 0.3) is 0 Å². The first kappa shape index (κ1) is 15.6. The lowest BCUT2D eigenvalue weighted by Crippen LogP contribution is -2.14. The molecule has 2 aromatic carbocycles. The van der Waals surface area contributed by atoms with E-state index in [1.54, 1.807) is 35.6 Å². The number of carbonyl (C=O) groups is 2. The molecule has 0 radical (unpaired) electrons. The number of hydrogen-bond donors (Lipinski definition) is 0. The van der Waals surface area contributed by atoms with Crippen molar-refractivity contribution in [2.45, 2.75) is 0 Å². The van der Waals surface area contributed by atoms with Crippen LogP contribution in [0.4, 0.5) is 0 Å². The molecule has 1 aliphatic rings. The van der Waals surface area contributed by atoms with Crippen LogP contribution in [0.2, 0.25) is 0 Å². The number of aldehydes is 2. The number of fused-ring (bicyclic) bond motifs is 1. The van der Waals surface area contributed by atoms with E-state index in [2.05, 4.69) is 0 Å². The van der Waals surface area contributed by atoms with Gasteiger partial charge in [0.05, 0.1) is 9.75 Å². The Kier molecular flexibility index (Phi) is 4.07. The molecule has 0 spiro atoms. The Labute approximate surface area is 148 Å². The SMILES string of the molecule is O=Cc1ccc(-c2sc(-c3ccc(C=O)cc3)c3c2OCCO3)cc1. The molecule has 4 nitrogen and oxygen atoms in total. The molecule has 124 valence electrons. The highest BCUT2D eigenvalue weighted by molar-refractivity contribution is 7.19. The first-order chi connectivity index (χ1) is 12.3. The summed E-state index contributed by atoms with van der Waals surface area (Å²) >= 11 is 1.58. The van der Waals surface area contributed by atoms with E-state index in [0.29, 0.717) is 24.3 Å². The van der Waals surface area contributed by atoms with E-state index in [9.17, 15) is 9.59 Å². The van der Waals surface area contributed by atoms with Gasteiger partial charge in [0.15, 0.2) is 11.5 Å². The molecule has 0 bridgehead atoms. The average Bonchev–Trinajstić information content (AvgIpc) is 3.08. The standard InChI is InChI=1S/C20H14O4S/c21-11-13-1-5-15(6-2-13)19-17-18(24-10-9-23-17)20(25-19)16-7-3-14(12-22)4-8-16/h1-8,11-12H,9-10H2. The molecule has 1 aliphatic heterocycles. The zero-order chi connectivity index (χ0) is 17.2. The van der Waals surface area contributed by atoms with Gasteiger partial charge < -0.3 is 9.47 Å². The zero-order valence-corrected chi connectivity index (χ0v) is 14.0. The van der Waals surface area contributed by atoms with Crippen molar-refractivity contribution >= 4 is 23.9 Å². The van der Waals surface area contributed by atoms with Crippen molar-refractivity contribution in [2.75, 3.05) is 13.2 Å². The molecule has 0 saturated heterocycles. The molecule has 25 heavy (non-hydrogen) atoms. The fraction of sp³-hybridized carbons (Fsp3) is 0.100. The lowest BCUT2D eigenvalue weighted by molar-refractivity contribution is 0.111. The second-order valence-corrected chi connectivity index (χ2v) is 6.62. The summed E-state index contributed by atoms with van der Waals surface area (Å²) in [5.74, 6) is 1.48. The van der Waals surface area contributed by atoms with Crippen LogP contribution in [0.3, 0.4) is 0 Å². The molecule has 1 aromatic heterocycles. The Hall–Kier alpha value is -2.92. The van der Waals surface area contributed by atoms with E-state index in [-0.39, 0.29) is 0 Å². The molecule has 0 atom stereocenters. The lowest BCUT2D eigenvalue weighted by atomic mass is 10.1. The Balaban J connectivity index is 1.83. The summed E-state index contributed by atoms with van der Waals surface area (Å²) in [7, 11) is 0. The summed E-state index contributed by atoms with van der Waals surface area (Å²) < 4.78 is 11.7. The number of hydrogen-bond acceptors (Lipinski definition) is 5. The summed E-state index contributed by atoms with van der Waals surface area (Å²) in [4.78, 5) is 23.7. The van der Waals surface area contributed by atoms with Gasteiger partial charge in [-0.3, -0.25) is 9.59 Å². The van der Waals surface area contributed by atoms with Crippen molar-refractivity contribution < 1.29 is 19.1 Å². The van der Waals surface area contributed by atoms with Crippen molar-refractivity contribution in [1.29, 1.82) is 0 Å². The van der Waals surface area contributed by atoms with Crippen LogP contribution in [0.1, 0.15) is 20.7 Å². The van der Waals surface area contributed by atoms with E-state index >= 15 is 0 Å². The average molecular weight is 350 g/mol. The highest BCUT2D eigenvalue weighted by Crippen LogP contribution is 2.53. The largest absolute Gasteiger partial charge is 0.485 e. The van der Waals surface area contributed by atoms with E-state index in [0.717, 1.165) is 45.0 Å². The van der Waals surface area contributed by atoms with Crippen LogP contribution < -0.4 is 9.47 Å². The summed E-state index contributed by atoms with van der Waals surface area (Å²) in [6.45, 7) is 1.01. The number of rotatable bonds is 4. The highest BCUT2D eigenvalue weighted by Gasteiger charge is 2.26. The predicted molar refractivity (Wildman–Crippen MR) is 97.0 cm³/mol. The van der Waals surface area contributed by atoms with Gasteiger partial charge in [-0.1, -0.05) is 48.5 Å². The third-order valence-electron chi connectivity index (χ3n) is 4.02. The summed E-state index contributed by atoms with van der Waals surface area (Å²) in [5.41, 5.74) is 3.23. The smallest absolute Gasteiger partial charge is 0.180 e. The highest BCUT2D eigenvalue weighted by atomic mass is 32.1. The maximum atomic E-state index is 10.9. The normalized spacial score (nSPS) is 12.6. The summed E-state index contributed by atoms with van der Waals surface area (Å²) in [6.07, 6.45) is 1.65. The van der Waals surface area contributed by atoms with Gasteiger partial charge in [-0.25, -0.2) is 0 Å². The molecule has 0 N–H and O–H groups in total. The van der Waals surface area contributed by atoms with Crippen LogP contribution >= 0.6 is 11.3 Å². The minimum atomic E-state index is 0.507. The predicted octanol–water partition coefficient (Wildman–Crippen LogP) is 4.48. The molecular formula is C20H14O4S. The molecule has 5 heteroatoms. The van der Waals surface area contributed by atoms with Gasteiger partial charge in [-0.05, 0) is 11.1 Å². The molecule has 2 heterocycles. The summed E-state index contributed by atoms with van der Waals surface area (Å²) in [5, 5.41) is 0. The van der Waals surface area contributed by atoms with E-state index < -0.39 is 0 Å². The molecule has 0 fully saturated rings. The van der Waals surface area contributed by atoms with Crippen molar-refractivity contribution in [3.05, 3.63) is 59.7 Å². The number of ether oxygens (including phenoxy) is 2. The Morgan fingerprint density at radius 2 is 1.08 bits per heavy atom. The van der Waals surface area contributed by atoms with Crippen LogP contribution in [0, 0.1) is 0 Å². The molecule has 3 aromatic rings. The van der Waals surface area contributed by atoms with Gasteiger partial charge in [-0.15, -0.1) is 11.3 Å². The minimum absolute atomic E-state index is 0.507. The maximum absolute atomic E-state index is 10.9. The second-order valence-electron chi connectivity index (χ2n) is 5.60. The third kappa shape index (κ3) is 2.83. The van der Waals surface area contributed by atoms with Crippen LogP contribution in [0.15, 0.2) is 48.5 Å². The van der Waals surface area contributed by atoms with E-state index in [4.69, 9.17) is 9.47 Å².